The minimum absolute atomic E-state index is 0.281. The summed E-state index contributed by atoms with van der Waals surface area (Å²) >= 11 is 1.59. The van der Waals surface area contributed by atoms with Gasteiger partial charge >= 0.3 is 5.97 Å². The highest BCUT2D eigenvalue weighted by molar-refractivity contribution is 7.98. The van der Waals surface area contributed by atoms with Crippen LogP contribution in [-0.4, -0.2) is 42.4 Å². The number of carbonyl (C=O) groups excluding carboxylic acids is 3. The highest BCUT2D eigenvalue weighted by Gasteiger charge is 2.68. The largest absolute Gasteiger partial charge is 0.468 e. The van der Waals surface area contributed by atoms with E-state index in [1.807, 2.05) is 43.5 Å². The summed E-state index contributed by atoms with van der Waals surface area (Å²) in [5.74, 6) is -1.99. The number of fused-ring (bicyclic) bond motifs is 1. The number of para-hydroxylation sites is 1. The first-order valence-corrected chi connectivity index (χ1v) is 11.7. The summed E-state index contributed by atoms with van der Waals surface area (Å²) < 4.78 is 5.19. The van der Waals surface area contributed by atoms with E-state index in [2.05, 4.69) is 5.32 Å². The lowest BCUT2D eigenvalue weighted by Crippen LogP contribution is -2.56. The lowest BCUT2D eigenvalue weighted by Gasteiger charge is -2.32. The Morgan fingerprint density at radius 3 is 2.42 bits per heavy atom. The number of benzene rings is 2. The second-order valence-corrected chi connectivity index (χ2v) is 9.02. The van der Waals surface area contributed by atoms with Crippen LogP contribution < -0.4 is 10.2 Å². The molecular weight excluding hydrogens is 412 g/mol. The molecule has 0 spiro atoms. The Hall–Kier alpha value is -2.64. The number of rotatable bonds is 6. The summed E-state index contributed by atoms with van der Waals surface area (Å²) in [4.78, 5) is 41.8. The van der Waals surface area contributed by atoms with Crippen LogP contribution in [0.25, 0.3) is 0 Å². The molecule has 0 saturated carbocycles. The van der Waals surface area contributed by atoms with Gasteiger partial charge in [-0.3, -0.25) is 19.7 Å². The van der Waals surface area contributed by atoms with E-state index in [9.17, 15) is 14.4 Å². The second-order valence-electron chi connectivity index (χ2n) is 8.04. The van der Waals surface area contributed by atoms with Crippen LogP contribution in [0.3, 0.4) is 0 Å². The van der Waals surface area contributed by atoms with E-state index >= 15 is 0 Å². The molecule has 2 aliphatic heterocycles. The van der Waals surface area contributed by atoms with Gasteiger partial charge in [0.25, 0.3) is 0 Å². The van der Waals surface area contributed by atoms with E-state index in [0.29, 0.717) is 17.9 Å². The van der Waals surface area contributed by atoms with E-state index in [4.69, 9.17) is 4.74 Å². The molecule has 0 aromatic heterocycles. The van der Waals surface area contributed by atoms with E-state index in [1.165, 1.54) is 12.0 Å². The molecule has 6 nitrogen and oxygen atoms in total. The fraction of sp³-hybridized carbons (Fsp3) is 0.375. The number of nitrogens with zero attached hydrogens (tertiary/aromatic N) is 1. The molecule has 2 fully saturated rings. The average molecular weight is 439 g/mol. The van der Waals surface area contributed by atoms with Gasteiger partial charge in [0, 0.05) is 6.04 Å². The molecule has 4 unspecified atom stereocenters. The molecule has 2 saturated heterocycles. The van der Waals surface area contributed by atoms with Gasteiger partial charge in [-0.15, -0.1) is 0 Å². The molecule has 2 heterocycles. The Labute approximate surface area is 186 Å². The molecule has 162 valence electrons. The van der Waals surface area contributed by atoms with Crippen molar-refractivity contribution in [1.82, 2.24) is 5.32 Å². The summed E-state index contributed by atoms with van der Waals surface area (Å²) in [5, 5.41) is 3.43. The Morgan fingerprint density at radius 2 is 1.77 bits per heavy atom. The summed E-state index contributed by atoms with van der Waals surface area (Å²) in [6.45, 7) is 1.97. The van der Waals surface area contributed by atoms with Crippen molar-refractivity contribution in [2.45, 2.75) is 24.9 Å². The summed E-state index contributed by atoms with van der Waals surface area (Å²) in [6.07, 6.45) is 2.35. The Bertz CT molecular complexity index is 1010. The van der Waals surface area contributed by atoms with E-state index in [1.54, 1.807) is 36.0 Å². The molecule has 7 heteroatoms. The zero-order chi connectivity index (χ0) is 22.2. The molecule has 2 aliphatic rings. The summed E-state index contributed by atoms with van der Waals surface area (Å²) in [7, 11) is 1.33. The maximum absolute atomic E-state index is 13.7. The van der Waals surface area contributed by atoms with Gasteiger partial charge in [-0.05, 0) is 48.6 Å². The number of ether oxygens (including phenoxy) is 1. The molecule has 4 rings (SSSR count). The Balaban J connectivity index is 1.88. The number of thioether (sulfide) groups is 1. The number of methoxy groups -OCH3 is 1. The minimum atomic E-state index is -1.26. The number of esters is 1. The molecule has 2 amide bonds. The molecule has 2 aromatic rings. The maximum Gasteiger partial charge on any atom is 0.326 e. The highest BCUT2D eigenvalue weighted by Crippen LogP contribution is 2.51. The van der Waals surface area contributed by atoms with Crippen LogP contribution in [-0.2, 0) is 19.1 Å². The number of nitrogens with one attached hydrogen (secondary N) is 1. The fourth-order valence-electron chi connectivity index (χ4n) is 5.00. The van der Waals surface area contributed by atoms with Crippen LogP contribution >= 0.6 is 11.8 Å². The van der Waals surface area contributed by atoms with E-state index < -0.39 is 29.4 Å². The number of hydrogen-bond acceptors (Lipinski definition) is 6. The standard InChI is InChI=1S/C24H26N2O4S/c1-15-9-7-8-12-17(15)20-18-19(24(25-20,13-14-31-3)23(29)30-2)22(28)26(21(18)27)16-10-5-4-6-11-16/h4-12,18-20,25H,13-14H2,1-3H3. The van der Waals surface area contributed by atoms with Gasteiger partial charge in [0.15, 0.2) is 0 Å². The van der Waals surface area contributed by atoms with Crippen LogP contribution in [0.4, 0.5) is 5.69 Å². The second kappa shape index (κ2) is 8.48. The average Bonchev–Trinajstić information content (AvgIpc) is 3.27. The fourth-order valence-corrected chi connectivity index (χ4v) is 5.53. The lowest BCUT2D eigenvalue weighted by atomic mass is 9.77. The normalized spacial score (nSPS) is 27.5. The first-order valence-electron chi connectivity index (χ1n) is 10.3. The van der Waals surface area contributed by atoms with Gasteiger partial charge in [-0.2, -0.15) is 11.8 Å². The lowest BCUT2D eigenvalue weighted by molar-refractivity contribution is -0.152. The van der Waals surface area contributed by atoms with Crippen molar-refractivity contribution in [3.8, 4) is 0 Å². The quantitative estimate of drug-likeness (QED) is 0.552. The third kappa shape index (κ3) is 3.36. The Morgan fingerprint density at radius 1 is 1.10 bits per heavy atom. The number of carbonyl (C=O) groups is 3. The zero-order valence-electron chi connectivity index (χ0n) is 17.8. The van der Waals surface area contributed by atoms with Crippen molar-refractivity contribution >= 4 is 35.2 Å². The van der Waals surface area contributed by atoms with Gasteiger partial charge in [0.2, 0.25) is 11.8 Å². The number of aryl methyl sites for hydroxylation is 1. The van der Waals surface area contributed by atoms with Gasteiger partial charge in [0.1, 0.15) is 5.54 Å². The summed E-state index contributed by atoms with van der Waals surface area (Å²) in [6, 6.07) is 16.2. The van der Waals surface area contributed by atoms with Gasteiger partial charge in [-0.1, -0.05) is 42.5 Å². The van der Waals surface area contributed by atoms with Crippen molar-refractivity contribution in [3.05, 3.63) is 65.7 Å². The molecule has 1 N–H and O–H groups in total. The van der Waals surface area contributed by atoms with Crippen molar-refractivity contribution in [2.75, 3.05) is 24.0 Å². The van der Waals surface area contributed by atoms with Crippen LogP contribution in [0.1, 0.15) is 23.6 Å². The highest BCUT2D eigenvalue weighted by atomic mass is 32.2. The van der Waals surface area contributed by atoms with E-state index in [-0.39, 0.29) is 11.8 Å². The SMILES string of the molecule is COC(=O)C1(CCSC)NC(c2ccccc2C)C2C(=O)N(c3ccccc3)C(=O)C21. The molecule has 2 aromatic carbocycles. The van der Waals surface area contributed by atoms with Crippen LogP contribution in [0.2, 0.25) is 0 Å². The van der Waals surface area contributed by atoms with Gasteiger partial charge < -0.3 is 4.74 Å². The van der Waals surface area contributed by atoms with Crippen LogP contribution in [0.15, 0.2) is 54.6 Å². The molecule has 0 aliphatic carbocycles. The molecule has 0 bridgehead atoms. The van der Waals surface area contributed by atoms with Crippen LogP contribution in [0, 0.1) is 18.8 Å². The Kier molecular flexibility index (Phi) is 5.90. The van der Waals surface area contributed by atoms with Gasteiger partial charge in [-0.25, -0.2) is 4.90 Å². The van der Waals surface area contributed by atoms with Crippen LogP contribution in [0.5, 0.6) is 0 Å². The first-order chi connectivity index (χ1) is 15.0. The first kappa shape index (κ1) is 21.6. The maximum atomic E-state index is 13.7. The van der Waals surface area contributed by atoms with Crippen molar-refractivity contribution < 1.29 is 19.1 Å². The number of imide groups is 1. The molecule has 4 atom stereocenters. The smallest absolute Gasteiger partial charge is 0.326 e. The molecule has 0 radical (unpaired) electrons. The monoisotopic (exact) mass is 438 g/mol. The van der Waals surface area contributed by atoms with Crippen molar-refractivity contribution in [1.29, 1.82) is 0 Å². The van der Waals surface area contributed by atoms with Gasteiger partial charge in [0.05, 0.1) is 24.6 Å². The minimum Gasteiger partial charge on any atom is -0.468 e. The third-order valence-electron chi connectivity index (χ3n) is 6.44. The number of hydrogen-bond donors (Lipinski definition) is 1. The predicted octanol–water partition coefficient (Wildman–Crippen LogP) is 3.11. The summed E-state index contributed by atoms with van der Waals surface area (Å²) in [5.41, 5.74) is 1.19. The third-order valence-corrected chi connectivity index (χ3v) is 7.05. The topological polar surface area (TPSA) is 75.7 Å². The van der Waals surface area contributed by atoms with Crippen molar-refractivity contribution in [3.63, 3.8) is 0 Å². The number of amides is 2. The van der Waals surface area contributed by atoms with Crippen molar-refractivity contribution in [2.24, 2.45) is 11.8 Å². The zero-order valence-corrected chi connectivity index (χ0v) is 18.6. The van der Waals surface area contributed by atoms with E-state index in [0.717, 1.165) is 11.1 Å². The predicted molar refractivity (Wildman–Crippen MR) is 121 cm³/mol. The molecular formula is C24H26N2O4S. The molecule has 31 heavy (non-hydrogen) atoms. The number of anilines is 1.